The number of nitrogens with zero attached hydrogens (tertiary/aromatic N) is 2. The molecule has 0 amide bonds. The van der Waals surface area contributed by atoms with E-state index in [1.54, 1.807) is 36.7 Å². The van der Waals surface area contributed by atoms with E-state index in [0.717, 1.165) is 5.56 Å². The van der Waals surface area contributed by atoms with E-state index in [2.05, 4.69) is 11.4 Å². The number of nitriles is 1. The predicted molar refractivity (Wildman–Crippen MR) is 80.0 cm³/mol. The number of sulfonamides is 1. The molecule has 0 saturated heterocycles. The molecular weight excluding hydrogens is 288 g/mol. The van der Waals surface area contributed by atoms with Gasteiger partial charge in [-0.05, 0) is 36.2 Å². The van der Waals surface area contributed by atoms with Crippen LogP contribution in [0.2, 0.25) is 0 Å². The summed E-state index contributed by atoms with van der Waals surface area (Å²) in [5, 5.41) is 17.2. The SMILES string of the molecule is Cc1ccc(NCc2cc(C#N)n(C)c2)cc1S(N)(=O)=O. The fourth-order valence-electron chi connectivity index (χ4n) is 2.06. The van der Waals surface area contributed by atoms with Crippen molar-refractivity contribution in [2.75, 3.05) is 5.32 Å². The number of rotatable bonds is 4. The first-order valence-corrected chi connectivity index (χ1v) is 7.78. The zero-order valence-electron chi connectivity index (χ0n) is 11.8. The minimum Gasteiger partial charge on any atom is -0.381 e. The van der Waals surface area contributed by atoms with E-state index in [1.165, 1.54) is 6.07 Å². The minimum atomic E-state index is -3.73. The number of anilines is 1. The summed E-state index contributed by atoms with van der Waals surface area (Å²) in [6.45, 7) is 2.18. The number of aromatic nitrogens is 1. The van der Waals surface area contributed by atoms with E-state index >= 15 is 0 Å². The molecule has 0 spiro atoms. The average molecular weight is 304 g/mol. The lowest BCUT2D eigenvalue weighted by molar-refractivity contribution is 0.597. The van der Waals surface area contributed by atoms with E-state index < -0.39 is 10.0 Å². The molecule has 0 aliphatic rings. The molecule has 0 radical (unpaired) electrons. The van der Waals surface area contributed by atoms with Crippen molar-refractivity contribution in [1.29, 1.82) is 5.26 Å². The molecule has 0 atom stereocenters. The second-order valence-corrected chi connectivity index (χ2v) is 6.36. The van der Waals surface area contributed by atoms with Gasteiger partial charge in [-0.1, -0.05) is 6.07 Å². The van der Waals surface area contributed by atoms with Crippen LogP contribution >= 0.6 is 0 Å². The van der Waals surface area contributed by atoms with Gasteiger partial charge in [-0.2, -0.15) is 5.26 Å². The Bertz CT molecular complexity index is 816. The topological polar surface area (TPSA) is 101 Å². The van der Waals surface area contributed by atoms with E-state index in [1.807, 2.05) is 6.20 Å². The van der Waals surface area contributed by atoms with Crippen molar-refractivity contribution in [1.82, 2.24) is 4.57 Å². The van der Waals surface area contributed by atoms with Crippen LogP contribution in [0.4, 0.5) is 5.69 Å². The first kappa shape index (κ1) is 15.1. The van der Waals surface area contributed by atoms with Gasteiger partial charge in [0.2, 0.25) is 10.0 Å². The Morgan fingerprint density at radius 1 is 1.38 bits per heavy atom. The number of nitrogens with two attached hydrogens (primary N) is 1. The Kier molecular flexibility index (Phi) is 4.02. The van der Waals surface area contributed by atoms with Crippen molar-refractivity contribution < 1.29 is 8.42 Å². The molecule has 21 heavy (non-hydrogen) atoms. The maximum Gasteiger partial charge on any atom is 0.238 e. The Morgan fingerprint density at radius 2 is 2.10 bits per heavy atom. The third-order valence-corrected chi connectivity index (χ3v) is 4.22. The molecule has 0 bridgehead atoms. The highest BCUT2D eigenvalue weighted by atomic mass is 32.2. The third-order valence-electron chi connectivity index (χ3n) is 3.17. The minimum absolute atomic E-state index is 0.110. The summed E-state index contributed by atoms with van der Waals surface area (Å²) in [6.07, 6.45) is 1.85. The third kappa shape index (κ3) is 3.42. The molecule has 0 unspecified atom stereocenters. The number of hydrogen-bond acceptors (Lipinski definition) is 4. The van der Waals surface area contributed by atoms with Gasteiger partial charge in [0.25, 0.3) is 0 Å². The monoisotopic (exact) mass is 304 g/mol. The van der Waals surface area contributed by atoms with Gasteiger partial charge in [0, 0.05) is 25.5 Å². The number of aryl methyl sites for hydroxylation is 2. The number of hydrogen-bond donors (Lipinski definition) is 2. The van der Waals surface area contributed by atoms with Crippen LogP contribution in [0.3, 0.4) is 0 Å². The van der Waals surface area contributed by atoms with E-state index in [-0.39, 0.29) is 4.90 Å². The smallest absolute Gasteiger partial charge is 0.238 e. The molecule has 0 aliphatic heterocycles. The van der Waals surface area contributed by atoms with Crippen LogP contribution in [0.5, 0.6) is 0 Å². The molecule has 0 fully saturated rings. The van der Waals surface area contributed by atoms with Crippen LogP contribution in [-0.2, 0) is 23.6 Å². The fourth-order valence-corrected chi connectivity index (χ4v) is 2.87. The summed E-state index contributed by atoms with van der Waals surface area (Å²) in [7, 11) is -1.93. The van der Waals surface area contributed by atoms with Gasteiger partial charge in [-0.15, -0.1) is 0 Å². The lowest BCUT2D eigenvalue weighted by Gasteiger charge is -2.09. The molecular formula is C14H16N4O2S. The van der Waals surface area contributed by atoms with Gasteiger partial charge in [-0.3, -0.25) is 0 Å². The van der Waals surface area contributed by atoms with Gasteiger partial charge in [0.05, 0.1) is 4.90 Å². The summed E-state index contributed by atoms with van der Waals surface area (Å²) in [5.74, 6) is 0. The highest BCUT2D eigenvalue weighted by Gasteiger charge is 2.12. The van der Waals surface area contributed by atoms with Crippen LogP contribution in [0, 0.1) is 18.3 Å². The summed E-state index contributed by atoms with van der Waals surface area (Å²) < 4.78 is 24.7. The van der Waals surface area contributed by atoms with Crippen molar-refractivity contribution >= 4 is 15.7 Å². The Balaban J connectivity index is 2.19. The maximum atomic E-state index is 11.5. The molecule has 2 rings (SSSR count). The summed E-state index contributed by atoms with van der Waals surface area (Å²) >= 11 is 0. The van der Waals surface area contributed by atoms with Crippen LogP contribution < -0.4 is 10.5 Å². The molecule has 7 heteroatoms. The van der Waals surface area contributed by atoms with Crippen molar-refractivity contribution in [3.05, 3.63) is 47.3 Å². The Morgan fingerprint density at radius 3 is 2.67 bits per heavy atom. The van der Waals surface area contributed by atoms with Gasteiger partial charge in [0.1, 0.15) is 11.8 Å². The molecule has 0 aliphatic carbocycles. The molecule has 1 aromatic heterocycles. The highest BCUT2D eigenvalue weighted by Crippen LogP contribution is 2.19. The van der Waals surface area contributed by atoms with Crippen LogP contribution in [-0.4, -0.2) is 13.0 Å². The van der Waals surface area contributed by atoms with Crippen molar-refractivity contribution in [3.63, 3.8) is 0 Å². The van der Waals surface area contributed by atoms with Gasteiger partial charge < -0.3 is 9.88 Å². The standard InChI is InChI=1S/C14H16N4O2S/c1-10-3-4-12(6-14(10)21(16,19)20)17-8-11-5-13(7-15)18(2)9-11/h3-6,9,17H,8H2,1-2H3,(H2,16,19,20). The number of nitrogens with one attached hydrogen (secondary N) is 1. The zero-order chi connectivity index (χ0) is 15.6. The predicted octanol–water partition coefficient (Wildman–Crippen LogP) is 1.46. The van der Waals surface area contributed by atoms with Crippen molar-refractivity contribution in [2.24, 2.45) is 12.2 Å². The molecule has 0 saturated carbocycles. The van der Waals surface area contributed by atoms with Crippen molar-refractivity contribution in [3.8, 4) is 6.07 Å². The lowest BCUT2D eigenvalue weighted by atomic mass is 10.2. The summed E-state index contributed by atoms with van der Waals surface area (Å²) in [4.78, 5) is 0.110. The molecule has 2 aromatic rings. The maximum absolute atomic E-state index is 11.5. The van der Waals surface area contributed by atoms with E-state index in [9.17, 15) is 8.42 Å². The van der Waals surface area contributed by atoms with Gasteiger partial charge in [-0.25, -0.2) is 13.6 Å². The first-order valence-electron chi connectivity index (χ1n) is 6.24. The molecule has 6 nitrogen and oxygen atoms in total. The normalized spacial score (nSPS) is 11.1. The molecule has 1 aromatic carbocycles. The van der Waals surface area contributed by atoms with Gasteiger partial charge in [0.15, 0.2) is 0 Å². The van der Waals surface area contributed by atoms with Gasteiger partial charge >= 0.3 is 0 Å². The lowest BCUT2D eigenvalue weighted by Crippen LogP contribution is -2.14. The summed E-state index contributed by atoms with van der Waals surface area (Å²) in [5.41, 5.74) is 2.77. The highest BCUT2D eigenvalue weighted by molar-refractivity contribution is 7.89. The molecule has 1 heterocycles. The summed E-state index contributed by atoms with van der Waals surface area (Å²) in [6, 6.07) is 8.87. The number of primary sulfonamides is 1. The Labute approximate surface area is 123 Å². The van der Waals surface area contributed by atoms with Crippen LogP contribution in [0.1, 0.15) is 16.8 Å². The first-order chi connectivity index (χ1) is 9.81. The van der Waals surface area contributed by atoms with Crippen LogP contribution in [0.25, 0.3) is 0 Å². The fraction of sp³-hybridized carbons (Fsp3) is 0.214. The number of benzene rings is 1. The molecule has 3 N–H and O–H groups in total. The average Bonchev–Trinajstić information content (AvgIpc) is 2.77. The van der Waals surface area contributed by atoms with Crippen LogP contribution in [0.15, 0.2) is 35.4 Å². The Hall–Kier alpha value is -2.30. The second kappa shape index (κ2) is 5.60. The largest absolute Gasteiger partial charge is 0.381 e. The zero-order valence-corrected chi connectivity index (χ0v) is 12.6. The quantitative estimate of drug-likeness (QED) is 0.893. The van der Waals surface area contributed by atoms with E-state index in [0.29, 0.717) is 23.5 Å². The van der Waals surface area contributed by atoms with Crippen molar-refractivity contribution in [2.45, 2.75) is 18.4 Å². The second-order valence-electron chi connectivity index (χ2n) is 4.84. The molecule has 110 valence electrons. The van der Waals surface area contributed by atoms with E-state index in [4.69, 9.17) is 10.4 Å².